The highest BCUT2D eigenvalue weighted by Crippen LogP contribution is 2.11. The van der Waals surface area contributed by atoms with E-state index in [4.69, 9.17) is 0 Å². The largest absolute Gasteiger partial charge is 0.348 e. The molecule has 1 heterocycles. The summed E-state index contributed by atoms with van der Waals surface area (Å²) in [4.78, 5) is 41.6. The Bertz CT molecular complexity index is 684. The first-order valence-electron chi connectivity index (χ1n) is 9.18. The van der Waals surface area contributed by atoms with Gasteiger partial charge >= 0.3 is 0 Å². The third-order valence-electron chi connectivity index (χ3n) is 4.39. The molecule has 1 aliphatic rings. The van der Waals surface area contributed by atoms with Gasteiger partial charge in [0, 0.05) is 46.0 Å². The first-order valence-corrected chi connectivity index (χ1v) is 10.3. The molecule has 3 amide bonds. The van der Waals surface area contributed by atoms with E-state index in [2.05, 4.69) is 10.2 Å². The maximum absolute atomic E-state index is 12.9. The van der Waals surface area contributed by atoms with Crippen molar-refractivity contribution in [2.75, 3.05) is 63.6 Å². The van der Waals surface area contributed by atoms with Gasteiger partial charge in [-0.3, -0.25) is 19.3 Å². The van der Waals surface area contributed by atoms with Gasteiger partial charge in [-0.2, -0.15) is 0 Å². The topological polar surface area (TPSA) is 73.0 Å². The number of benzene rings is 1. The Morgan fingerprint density at radius 2 is 1.79 bits per heavy atom. The summed E-state index contributed by atoms with van der Waals surface area (Å²) >= 11 is 1.26. The molecule has 0 radical (unpaired) electrons. The summed E-state index contributed by atoms with van der Waals surface area (Å²) in [5.41, 5.74) is 0.526. The summed E-state index contributed by atoms with van der Waals surface area (Å²) in [6.45, 7) is 3.07. The minimum absolute atomic E-state index is 0.000341. The monoisotopic (exact) mass is 410 g/mol. The van der Waals surface area contributed by atoms with Crippen molar-refractivity contribution in [1.82, 2.24) is 14.7 Å². The van der Waals surface area contributed by atoms with Crippen molar-refractivity contribution in [1.29, 1.82) is 0 Å². The van der Waals surface area contributed by atoms with Crippen LogP contribution in [0, 0.1) is 5.82 Å². The molecule has 154 valence electrons. The molecule has 0 atom stereocenters. The van der Waals surface area contributed by atoms with Crippen LogP contribution in [-0.4, -0.2) is 90.7 Å². The van der Waals surface area contributed by atoms with Crippen LogP contribution in [0.5, 0.6) is 0 Å². The molecule has 1 fully saturated rings. The molecule has 2 rings (SSSR count). The first-order chi connectivity index (χ1) is 13.3. The number of rotatable bonds is 7. The summed E-state index contributed by atoms with van der Waals surface area (Å²) in [7, 11) is 3.47. The lowest BCUT2D eigenvalue weighted by atomic mass is 10.3. The molecule has 0 aromatic heterocycles. The second-order valence-electron chi connectivity index (χ2n) is 6.85. The number of hydrogen-bond acceptors (Lipinski definition) is 5. The van der Waals surface area contributed by atoms with Crippen molar-refractivity contribution >= 4 is 35.2 Å². The maximum Gasteiger partial charge on any atom is 0.236 e. The summed E-state index contributed by atoms with van der Waals surface area (Å²) in [5.74, 6) is -0.148. The van der Waals surface area contributed by atoms with Gasteiger partial charge in [0.25, 0.3) is 0 Å². The number of likely N-dealkylation sites (N-methyl/N-ethyl adjacent to an activating group) is 1. The van der Waals surface area contributed by atoms with Crippen LogP contribution in [0.3, 0.4) is 0 Å². The zero-order valence-electron chi connectivity index (χ0n) is 16.3. The summed E-state index contributed by atoms with van der Waals surface area (Å²) < 4.78 is 12.9. The minimum Gasteiger partial charge on any atom is -0.348 e. The predicted octanol–water partition coefficient (Wildman–Crippen LogP) is 1.12. The van der Waals surface area contributed by atoms with Crippen molar-refractivity contribution < 1.29 is 18.8 Å². The van der Waals surface area contributed by atoms with E-state index in [0.717, 1.165) is 13.0 Å². The highest BCUT2D eigenvalue weighted by molar-refractivity contribution is 8.00. The molecule has 0 aliphatic carbocycles. The normalized spacial score (nSPS) is 15.0. The highest BCUT2D eigenvalue weighted by atomic mass is 32.2. The minimum atomic E-state index is -0.361. The standard InChI is InChI=1S/C19H27FN4O3S/c1-22(2)18(26)12-23-8-3-9-24(11-10-23)19(27)14-28-13-17(25)21-16-6-4-15(20)5-7-16/h4-7H,3,8-14H2,1-2H3,(H,21,25). The van der Waals surface area contributed by atoms with E-state index in [-0.39, 0.29) is 35.0 Å². The highest BCUT2D eigenvalue weighted by Gasteiger charge is 2.21. The number of nitrogens with zero attached hydrogens (tertiary/aromatic N) is 3. The third-order valence-corrected chi connectivity index (χ3v) is 5.30. The van der Waals surface area contributed by atoms with Crippen LogP contribution < -0.4 is 5.32 Å². The Hall–Kier alpha value is -2.13. The van der Waals surface area contributed by atoms with Gasteiger partial charge in [-0.1, -0.05) is 0 Å². The lowest BCUT2D eigenvalue weighted by Gasteiger charge is -2.22. The second-order valence-corrected chi connectivity index (χ2v) is 7.83. The van der Waals surface area contributed by atoms with Crippen LogP contribution in [0.2, 0.25) is 0 Å². The molecule has 1 aromatic rings. The van der Waals surface area contributed by atoms with Crippen molar-refractivity contribution in [3.8, 4) is 0 Å². The molecule has 0 bridgehead atoms. The summed E-state index contributed by atoms with van der Waals surface area (Å²) in [5, 5.41) is 2.67. The molecule has 1 aromatic carbocycles. The van der Waals surface area contributed by atoms with Gasteiger partial charge in [0.1, 0.15) is 5.82 Å². The molecule has 1 saturated heterocycles. The Labute approximate surface area is 169 Å². The number of anilines is 1. The molecule has 9 heteroatoms. The smallest absolute Gasteiger partial charge is 0.236 e. The van der Waals surface area contributed by atoms with Crippen molar-refractivity contribution in [3.05, 3.63) is 30.1 Å². The lowest BCUT2D eigenvalue weighted by molar-refractivity contribution is -0.129. The number of carbonyl (C=O) groups excluding carboxylic acids is 3. The average Bonchev–Trinajstić information content (AvgIpc) is 2.89. The van der Waals surface area contributed by atoms with Crippen LogP contribution in [0.4, 0.5) is 10.1 Å². The zero-order chi connectivity index (χ0) is 20.5. The van der Waals surface area contributed by atoms with E-state index in [1.54, 1.807) is 23.9 Å². The molecular formula is C19H27FN4O3S. The number of thioether (sulfide) groups is 1. The SMILES string of the molecule is CN(C)C(=O)CN1CCCN(C(=O)CSCC(=O)Nc2ccc(F)cc2)CC1. The van der Waals surface area contributed by atoms with Crippen LogP contribution >= 0.6 is 11.8 Å². The molecule has 0 spiro atoms. The Kier molecular flexibility index (Phi) is 8.72. The molecule has 1 aliphatic heterocycles. The average molecular weight is 411 g/mol. The predicted molar refractivity (Wildman–Crippen MR) is 109 cm³/mol. The van der Waals surface area contributed by atoms with E-state index in [1.807, 2.05) is 0 Å². The van der Waals surface area contributed by atoms with Gasteiger partial charge in [0.05, 0.1) is 18.1 Å². The molecule has 0 saturated carbocycles. The van der Waals surface area contributed by atoms with E-state index in [1.165, 1.54) is 36.0 Å². The lowest BCUT2D eigenvalue weighted by Crippen LogP contribution is -2.40. The molecular weight excluding hydrogens is 383 g/mol. The van der Waals surface area contributed by atoms with E-state index < -0.39 is 0 Å². The summed E-state index contributed by atoms with van der Waals surface area (Å²) in [6, 6.07) is 5.54. The number of nitrogens with one attached hydrogen (secondary N) is 1. The van der Waals surface area contributed by atoms with Gasteiger partial charge in [0.2, 0.25) is 17.7 Å². The van der Waals surface area contributed by atoms with Gasteiger partial charge in [0.15, 0.2) is 0 Å². The Morgan fingerprint density at radius 3 is 2.46 bits per heavy atom. The number of amides is 3. The van der Waals surface area contributed by atoms with E-state index in [9.17, 15) is 18.8 Å². The van der Waals surface area contributed by atoms with Crippen LogP contribution in [0.15, 0.2) is 24.3 Å². The molecule has 1 N–H and O–H groups in total. The molecule has 0 unspecified atom stereocenters. The zero-order valence-corrected chi connectivity index (χ0v) is 17.1. The number of halogens is 1. The second kappa shape index (κ2) is 11.0. The van der Waals surface area contributed by atoms with Gasteiger partial charge in [-0.25, -0.2) is 4.39 Å². The Balaban J connectivity index is 1.69. The number of hydrogen-bond donors (Lipinski definition) is 1. The van der Waals surface area contributed by atoms with Crippen molar-refractivity contribution in [2.45, 2.75) is 6.42 Å². The quantitative estimate of drug-likeness (QED) is 0.729. The van der Waals surface area contributed by atoms with Crippen LogP contribution in [0.1, 0.15) is 6.42 Å². The van der Waals surface area contributed by atoms with Crippen LogP contribution in [0.25, 0.3) is 0 Å². The molecule has 7 nitrogen and oxygen atoms in total. The fourth-order valence-corrected chi connectivity index (χ4v) is 3.48. The first kappa shape index (κ1) is 22.2. The fourth-order valence-electron chi connectivity index (χ4n) is 2.76. The maximum atomic E-state index is 12.9. The van der Waals surface area contributed by atoms with Crippen molar-refractivity contribution in [2.24, 2.45) is 0 Å². The summed E-state index contributed by atoms with van der Waals surface area (Å²) in [6.07, 6.45) is 0.822. The van der Waals surface area contributed by atoms with Crippen LogP contribution in [-0.2, 0) is 14.4 Å². The number of carbonyl (C=O) groups is 3. The molecule has 28 heavy (non-hydrogen) atoms. The van der Waals surface area contributed by atoms with Gasteiger partial charge < -0.3 is 15.1 Å². The van der Waals surface area contributed by atoms with Gasteiger partial charge in [-0.05, 0) is 30.7 Å². The Morgan fingerprint density at radius 1 is 1.07 bits per heavy atom. The van der Waals surface area contributed by atoms with E-state index in [0.29, 0.717) is 31.9 Å². The van der Waals surface area contributed by atoms with E-state index >= 15 is 0 Å². The fraction of sp³-hybridized carbons (Fsp3) is 0.526. The third kappa shape index (κ3) is 7.47. The van der Waals surface area contributed by atoms with Crippen molar-refractivity contribution in [3.63, 3.8) is 0 Å². The van der Waals surface area contributed by atoms with Gasteiger partial charge in [-0.15, -0.1) is 11.8 Å².